The van der Waals surface area contributed by atoms with E-state index in [1.54, 1.807) is 6.07 Å². The van der Waals surface area contributed by atoms with Gasteiger partial charge in [0.25, 0.3) is 0 Å². The molecular weight excluding hydrogens is 248 g/mol. The summed E-state index contributed by atoms with van der Waals surface area (Å²) in [5, 5.41) is 9.24. The van der Waals surface area contributed by atoms with Crippen LogP contribution in [0.5, 0.6) is 0 Å². The van der Waals surface area contributed by atoms with Crippen molar-refractivity contribution in [1.29, 1.82) is 0 Å². The highest BCUT2D eigenvalue weighted by molar-refractivity contribution is 9.10. The van der Waals surface area contributed by atoms with E-state index in [0.717, 1.165) is 0 Å². The topological polar surface area (TPSA) is 33.1 Å². The van der Waals surface area contributed by atoms with Gasteiger partial charge in [-0.1, -0.05) is 11.6 Å². The number of hydrogen-bond donors (Lipinski definition) is 1. The second-order valence-corrected chi connectivity index (χ2v) is 3.48. The van der Waals surface area contributed by atoms with E-state index < -0.39 is 12.8 Å². The van der Waals surface area contributed by atoms with Crippen molar-refractivity contribution in [1.82, 2.24) is 4.98 Å². The van der Waals surface area contributed by atoms with Crippen LogP contribution in [-0.2, 0) is 0 Å². The fourth-order valence-corrected chi connectivity index (χ4v) is 1.33. The zero-order chi connectivity index (χ0) is 9.14. The second-order valence-electron chi connectivity index (χ2n) is 2.20. The van der Waals surface area contributed by atoms with E-state index in [1.165, 1.54) is 6.20 Å². The summed E-state index contributed by atoms with van der Waals surface area (Å²) < 4.78 is 12.7. The van der Waals surface area contributed by atoms with Gasteiger partial charge in [-0.25, -0.2) is 9.37 Å². The molecule has 5 heteroatoms. The molecule has 0 aliphatic rings. The van der Waals surface area contributed by atoms with Crippen LogP contribution in [0.4, 0.5) is 4.39 Å². The first kappa shape index (κ1) is 9.89. The lowest BCUT2D eigenvalue weighted by atomic mass is 10.2. The van der Waals surface area contributed by atoms with Crippen molar-refractivity contribution >= 4 is 27.5 Å². The molecule has 1 unspecified atom stereocenters. The molecular formula is C7H6BrClFNO. The lowest BCUT2D eigenvalue weighted by molar-refractivity contribution is 0.141. The maximum absolute atomic E-state index is 12.0. The van der Waals surface area contributed by atoms with E-state index in [2.05, 4.69) is 20.9 Å². The molecule has 0 amide bonds. The van der Waals surface area contributed by atoms with Crippen molar-refractivity contribution in [3.63, 3.8) is 0 Å². The summed E-state index contributed by atoms with van der Waals surface area (Å²) in [5.41, 5.74) is 0.300. The van der Waals surface area contributed by atoms with Crippen LogP contribution in [-0.4, -0.2) is 16.8 Å². The van der Waals surface area contributed by atoms with Crippen molar-refractivity contribution in [2.75, 3.05) is 6.67 Å². The van der Waals surface area contributed by atoms with Crippen molar-refractivity contribution in [3.05, 3.63) is 27.5 Å². The van der Waals surface area contributed by atoms with E-state index in [0.29, 0.717) is 10.0 Å². The molecule has 0 bridgehead atoms. The first-order valence-electron chi connectivity index (χ1n) is 3.20. The summed E-state index contributed by atoms with van der Waals surface area (Å²) in [4.78, 5) is 3.74. The minimum absolute atomic E-state index is 0.128. The van der Waals surface area contributed by atoms with Gasteiger partial charge in [0.1, 0.15) is 17.9 Å². The minimum Gasteiger partial charge on any atom is -0.386 e. The van der Waals surface area contributed by atoms with Crippen molar-refractivity contribution in [2.24, 2.45) is 0 Å². The predicted octanol–water partition coefficient (Wildman–Crippen LogP) is 2.50. The lowest BCUT2D eigenvalue weighted by Crippen LogP contribution is -2.01. The zero-order valence-corrected chi connectivity index (χ0v) is 8.31. The Labute approximate surface area is 82.5 Å². The minimum atomic E-state index is -1.19. The highest BCUT2D eigenvalue weighted by Gasteiger charge is 2.12. The number of pyridine rings is 1. The van der Waals surface area contributed by atoms with Crippen LogP contribution in [0.15, 0.2) is 16.7 Å². The molecule has 0 fully saturated rings. The average Bonchev–Trinajstić information content (AvgIpc) is 2.08. The van der Waals surface area contributed by atoms with E-state index >= 15 is 0 Å². The highest BCUT2D eigenvalue weighted by Crippen LogP contribution is 2.24. The van der Waals surface area contributed by atoms with Gasteiger partial charge in [0, 0.05) is 16.2 Å². The predicted molar refractivity (Wildman–Crippen MR) is 47.9 cm³/mol. The molecule has 1 N–H and O–H groups in total. The monoisotopic (exact) mass is 253 g/mol. The summed E-state index contributed by atoms with van der Waals surface area (Å²) >= 11 is 8.75. The number of aliphatic hydroxyl groups excluding tert-OH is 1. The number of halogens is 3. The zero-order valence-electron chi connectivity index (χ0n) is 5.97. The summed E-state index contributed by atoms with van der Waals surface area (Å²) in [5.74, 6) is 0. The number of aromatic nitrogens is 1. The second kappa shape index (κ2) is 4.16. The maximum atomic E-state index is 12.0. The third-order valence-corrected chi connectivity index (χ3v) is 2.09. The molecule has 2 nitrogen and oxygen atoms in total. The summed E-state index contributed by atoms with van der Waals surface area (Å²) in [7, 11) is 0. The fourth-order valence-electron chi connectivity index (χ4n) is 0.755. The molecule has 1 atom stereocenters. The van der Waals surface area contributed by atoms with Crippen LogP contribution in [0.25, 0.3) is 0 Å². The van der Waals surface area contributed by atoms with E-state index in [4.69, 9.17) is 16.7 Å². The first-order valence-corrected chi connectivity index (χ1v) is 4.37. The van der Waals surface area contributed by atoms with Crippen LogP contribution in [0, 0.1) is 0 Å². The van der Waals surface area contributed by atoms with Crippen molar-refractivity contribution in [3.8, 4) is 0 Å². The van der Waals surface area contributed by atoms with Gasteiger partial charge in [0.2, 0.25) is 0 Å². The van der Waals surface area contributed by atoms with Gasteiger partial charge in [0.15, 0.2) is 0 Å². The largest absolute Gasteiger partial charge is 0.386 e. The number of aliphatic hydroxyl groups is 1. The summed E-state index contributed by atoms with van der Waals surface area (Å²) in [6.07, 6.45) is 0.291. The molecule has 1 rings (SSSR count). The normalized spacial score (nSPS) is 13.0. The lowest BCUT2D eigenvalue weighted by Gasteiger charge is -2.07. The van der Waals surface area contributed by atoms with Gasteiger partial charge in [-0.05, 0) is 22.0 Å². The quantitative estimate of drug-likeness (QED) is 0.823. The van der Waals surface area contributed by atoms with Crippen molar-refractivity contribution < 1.29 is 9.50 Å². The Morgan fingerprint density at radius 3 is 3.00 bits per heavy atom. The van der Waals surface area contributed by atoms with Crippen LogP contribution < -0.4 is 0 Å². The maximum Gasteiger partial charge on any atom is 0.134 e. The Bertz CT molecular complexity index is 284. The summed E-state index contributed by atoms with van der Waals surface area (Å²) in [6, 6.07) is 1.54. The Balaban J connectivity index is 3.04. The molecule has 0 aliphatic carbocycles. The Hall–Kier alpha value is -0.190. The van der Waals surface area contributed by atoms with E-state index in [1.807, 2.05) is 0 Å². The van der Waals surface area contributed by atoms with Crippen LogP contribution in [0.1, 0.15) is 11.7 Å². The van der Waals surface area contributed by atoms with Crippen molar-refractivity contribution in [2.45, 2.75) is 6.10 Å². The third kappa shape index (κ3) is 2.15. The Morgan fingerprint density at radius 2 is 2.42 bits per heavy atom. The number of alkyl halides is 1. The summed E-state index contributed by atoms with van der Waals surface area (Å²) in [6.45, 7) is -0.863. The molecule has 0 aliphatic heterocycles. The highest BCUT2D eigenvalue weighted by atomic mass is 79.9. The van der Waals surface area contributed by atoms with Gasteiger partial charge in [-0.3, -0.25) is 0 Å². The van der Waals surface area contributed by atoms with Crippen LogP contribution in [0.2, 0.25) is 5.15 Å². The Morgan fingerprint density at radius 1 is 1.75 bits per heavy atom. The van der Waals surface area contributed by atoms with Crippen LogP contribution in [0.3, 0.4) is 0 Å². The number of nitrogens with zero attached hydrogens (tertiary/aromatic N) is 1. The molecule has 0 spiro atoms. The molecule has 66 valence electrons. The van der Waals surface area contributed by atoms with Crippen LogP contribution >= 0.6 is 27.5 Å². The molecule has 0 aromatic carbocycles. The Kier molecular flexibility index (Phi) is 3.43. The van der Waals surface area contributed by atoms with Gasteiger partial charge in [-0.15, -0.1) is 0 Å². The SMILES string of the molecule is OC(CF)c1cc(Br)cnc1Cl. The first-order chi connectivity index (χ1) is 5.65. The van der Waals surface area contributed by atoms with Gasteiger partial charge < -0.3 is 5.11 Å². The molecule has 0 saturated carbocycles. The average molecular weight is 254 g/mol. The third-order valence-electron chi connectivity index (χ3n) is 1.34. The van der Waals surface area contributed by atoms with Gasteiger partial charge in [0.05, 0.1) is 0 Å². The van der Waals surface area contributed by atoms with E-state index in [-0.39, 0.29) is 5.15 Å². The van der Waals surface area contributed by atoms with E-state index in [9.17, 15) is 4.39 Å². The fraction of sp³-hybridized carbons (Fsp3) is 0.286. The smallest absolute Gasteiger partial charge is 0.134 e. The van der Waals surface area contributed by atoms with Gasteiger partial charge >= 0.3 is 0 Å². The number of rotatable bonds is 2. The standard InChI is InChI=1S/C7H6BrClFNO/c8-4-1-5(6(12)2-10)7(9)11-3-4/h1,3,6,12H,2H2. The van der Waals surface area contributed by atoms with Gasteiger partial charge in [-0.2, -0.15) is 0 Å². The molecule has 12 heavy (non-hydrogen) atoms. The number of hydrogen-bond acceptors (Lipinski definition) is 2. The molecule has 1 heterocycles. The molecule has 1 aromatic rings. The molecule has 0 radical (unpaired) electrons. The molecule has 0 saturated heterocycles. The molecule has 1 aromatic heterocycles.